The summed E-state index contributed by atoms with van der Waals surface area (Å²) >= 11 is 5.87. The van der Waals surface area contributed by atoms with E-state index in [-0.39, 0.29) is 0 Å². The van der Waals surface area contributed by atoms with Crippen molar-refractivity contribution in [3.8, 4) is 0 Å². The Balaban J connectivity index is 0. The Bertz CT molecular complexity index is 258. The number of hydrogen-bond acceptors (Lipinski definition) is 1. The van der Waals surface area contributed by atoms with Crippen molar-refractivity contribution in [2.45, 2.75) is 0 Å². The molecule has 0 radical (unpaired) electrons. The van der Waals surface area contributed by atoms with Gasteiger partial charge in [-0.25, -0.2) is 0 Å². The Morgan fingerprint density at radius 3 is 1.59 bits per heavy atom. The number of rotatable bonds is 3. The normalized spacial score (nSPS) is 16.8. The number of nitrogens with one attached hydrogen (secondary N) is 1. The van der Waals surface area contributed by atoms with Gasteiger partial charge in [0.15, 0.2) is 0 Å². The molecule has 1 N–H and O–H groups in total. The second kappa shape index (κ2) is 5.20. The van der Waals surface area contributed by atoms with Gasteiger partial charge in [-0.3, -0.25) is 0 Å². The maximum absolute atomic E-state index is 10.7. The summed E-state index contributed by atoms with van der Waals surface area (Å²) in [5.74, 6) is 0. The van der Waals surface area contributed by atoms with E-state index in [4.69, 9.17) is 11.6 Å². The van der Waals surface area contributed by atoms with E-state index in [1.807, 2.05) is 25.2 Å². The molecule has 0 unspecified atom stereocenters. The first kappa shape index (κ1) is 19.1. The first-order valence-electron chi connectivity index (χ1n) is 4.35. The van der Waals surface area contributed by atoms with Gasteiger partial charge in [0, 0.05) is 20.3 Å². The van der Waals surface area contributed by atoms with Gasteiger partial charge in [0.05, 0.1) is 19.1 Å². The standard InChI is InChI=1S/C7H15ClN2.F6P/c1-9(2)5-7(8)6-10(3)4;1-7(2,3,4,5)6/h5H,6H2,1-4H3;/q;-1/p+1/b7-5-;. The van der Waals surface area contributed by atoms with Crippen LogP contribution in [0.25, 0.3) is 0 Å². The van der Waals surface area contributed by atoms with Crippen LogP contribution in [0, 0.1) is 0 Å². The third kappa shape index (κ3) is 49.5. The summed E-state index contributed by atoms with van der Waals surface area (Å²) in [6.45, 7) is 0.889. The third-order valence-corrected chi connectivity index (χ3v) is 1.15. The van der Waals surface area contributed by atoms with Gasteiger partial charge in [-0.2, -0.15) is 0 Å². The van der Waals surface area contributed by atoms with Crippen molar-refractivity contribution in [3.63, 3.8) is 0 Å². The van der Waals surface area contributed by atoms with Crippen molar-refractivity contribution < 1.29 is 30.1 Å². The average molecular weight is 309 g/mol. The van der Waals surface area contributed by atoms with Crippen LogP contribution in [0.3, 0.4) is 0 Å². The predicted molar refractivity (Wildman–Crippen MR) is 58.9 cm³/mol. The predicted octanol–water partition coefficient (Wildman–Crippen LogP) is 3.16. The topological polar surface area (TPSA) is 7.68 Å². The number of hydrogen-bond donors (Lipinski definition) is 1. The zero-order valence-corrected chi connectivity index (χ0v) is 11.5. The van der Waals surface area contributed by atoms with E-state index < -0.39 is 7.81 Å². The Labute approximate surface area is 101 Å². The van der Waals surface area contributed by atoms with Gasteiger partial charge in [-0.1, -0.05) is 11.6 Å². The second-order valence-electron chi connectivity index (χ2n) is 3.88. The van der Waals surface area contributed by atoms with E-state index in [1.165, 1.54) is 4.90 Å². The average Bonchev–Trinajstić information content (AvgIpc) is 1.72. The zero-order chi connectivity index (χ0) is 14.6. The third-order valence-electron chi connectivity index (χ3n) is 0.921. The molecule has 10 heteroatoms. The molecule has 0 aromatic heterocycles. The maximum atomic E-state index is 9.87. The summed E-state index contributed by atoms with van der Waals surface area (Å²) in [5.41, 5.74) is 0. The van der Waals surface area contributed by atoms with Crippen LogP contribution in [0.1, 0.15) is 0 Å². The van der Waals surface area contributed by atoms with E-state index >= 15 is 0 Å². The van der Waals surface area contributed by atoms with Crippen LogP contribution < -0.4 is 4.90 Å². The van der Waals surface area contributed by atoms with Gasteiger partial charge in [0.1, 0.15) is 6.54 Å². The van der Waals surface area contributed by atoms with Gasteiger partial charge in [-0.15, -0.1) is 0 Å². The number of likely N-dealkylation sites (N-methyl/N-ethyl adjacent to an activating group) is 1. The molecule has 0 fully saturated rings. The van der Waals surface area contributed by atoms with Crippen molar-refractivity contribution in [3.05, 3.63) is 11.2 Å². The van der Waals surface area contributed by atoms with Crippen molar-refractivity contribution in [2.75, 3.05) is 34.7 Å². The molecule has 0 aromatic carbocycles. The number of halogens is 7. The molecule has 2 nitrogen and oxygen atoms in total. The fourth-order valence-electron chi connectivity index (χ4n) is 0.664. The van der Waals surface area contributed by atoms with E-state index in [9.17, 15) is 25.2 Å². The summed E-state index contributed by atoms with van der Waals surface area (Å²) in [6, 6.07) is 0. The number of nitrogens with zero attached hydrogens (tertiary/aromatic N) is 1. The van der Waals surface area contributed by atoms with E-state index in [1.54, 1.807) is 0 Å². The minimum atomic E-state index is -10.7. The van der Waals surface area contributed by atoms with Crippen molar-refractivity contribution >= 4 is 19.4 Å². The molecule has 0 spiro atoms. The van der Waals surface area contributed by atoms with Gasteiger partial charge >= 0.3 is 33.0 Å². The molecule has 0 bridgehead atoms. The summed E-state index contributed by atoms with van der Waals surface area (Å²) < 4.78 is 59.2. The van der Waals surface area contributed by atoms with Crippen LogP contribution in [0.4, 0.5) is 25.2 Å². The molecule has 0 heterocycles. The van der Waals surface area contributed by atoms with Crippen LogP contribution in [0.2, 0.25) is 0 Å². The van der Waals surface area contributed by atoms with Crippen LogP contribution in [0.15, 0.2) is 11.2 Å². The van der Waals surface area contributed by atoms with E-state index in [0.717, 1.165) is 11.6 Å². The monoisotopic (exact) mass is 308 g/mol. The molecule has 0 saturated heterocycles. The Morgan fingerprint density at radius 2 is 1.41 bits per heavy atom. The Morgan fingerprint density at radius 1 is 1.12 bits per heavy atom. The molecule has 17 heavy (non-hydrogen) atoms. The molecule has 0 amide bonds. The van der Waals surface area contributed by atoms with Gasteiger partial charge < -0.3 is 9.80 Å². The quantitative estimate of drug-likeness (QED) is 0.621. The minimum absolute atomic E-state index is 0.889. The zero-order valence-electron chi connectivity index (χ0n) is 9.82. The first-order valence-corrected chi connectivity index (χ1v) is 6.76. The molecule has 0 aliphatic heterocycles. The summed E-state index contributed by atoms with van der Waals surface area (Å²) in [5, 5.41) is 0.894. The molecule has 0 atom stereocenters. The van der Waals surface area contributed by atoms with Crippen molar-refractivity contribution in [2.24, 2.45) is 0 Å². The van der Waals surface area contributed by atoms with Crippen LogP contribution in [-0.4, -0.2) is 39.6 Å². The van der Waals surface area contributed by atoms with Crippen molar-refractivity contribution in [1.29, 1.82) is 0 Å². The first-order chi connectivity index (χ1) is 6.97. The molecular weight excluding hydrogens is 293 g/mol. The van der Waals surface area contributed by atoms with Gasteiger partial charge in [0.2, 0.25) is 0 Å². The Kier molecular flexibility index (Phi) is 5.86. The molecule has 0 rings (SSSR count). The van der Waals surface area contributed by atoms with Crippen LogP contribution in [0.5, 0.6) is 0 Å². The van der Waals surface area contributed by atoms with Crippen LogP contribution in [-0.2, 0) is 0 Å². The fraction of sp³-hybridized carbons (Fsp3) is 0.714. The summed E-state index contributed by atoms with van der Waals surface area (Å²) in [4.78, 5) is 3.29. The van der Waals surface area contributed by atoms with Crippen LogP contribution >= 0.6 is 19.4 Å². The molecule has 0 aromatic rings. The molecular formula is C7H16ClF6N2P. The van der Waals surface area contributed by atoms with Gasteiger partial charge in [0.25, 0.3) is 0 Å². The molecule has 0 aliphatic carbocycles. The molecule has 108 valence electrons. The fourth-order valence-corrected chi connectivity index (χ4v) is 1.13. The molecule has 0 aliphatic rings. The van der Waals surface area contributed by atoms with E-state index in [0.29, 0.717) is 0 Å². The Hall–Kier alpha value is -0.200. The molecule has 0 saturated carbocycles. The summed E-state index contributed by atoms with van der Waals surface area (Å²) in [6.07, 6.45) is 1.93. The SMILES string of the molecule is CN(C)/C=C(\Cl)C[NH+](C)C.F[P-](F)(F)(F)(F)F. The van der Waals surface area contributed by atoms with E-state index in [2.05, 4.69) is 14.1 Å². The summed E-state index contributed by atoms with van der Waals surface area (Å²) in [7, 11) is -2.58. The van der Waals surface area contributed by atoms with Gasteiger partial charge in [-0.05, 0) is 0 Å². The number of quaternary nitrogens is 1. The second-order valence-corrected chi connectivity index (χ2v) is 6.28. The van der Waals surface area contributed by atoms with Crippen molar-refractivity contribution in [1.82, 2.24) is 4.90 Å².